The number of nitrogens with one attached hydrogen (secondary N) is 1. The molecule has 0 unspecified atom stereocenters. The summed E-state index contributed by atoms with van der Waals surface area (Å²) in [5, 5.41) is 0. The summed E-state index contributed by atoms with van der Waals surface area (Å²) >= 11 is 0. The van der Waals surface area contributed by atoms with Crippen molar-refractivity contribution >= 4 is 11.0 Å². The minimum Gasteiger partial charge on any atom is -0.496 e. The molecule has 2 heterocycles. The van der Waals surface area contributed by atoms with Crippen LogP contribution in [0.5, 0.6) is 5.75 Å². The lowest BCUT2D eigenvalue weighted by atomic mass is 10.1. The predicted octanol–water partition coefficient (Wildman–Crippen LogP) is 5.09. The highest BCUT2D eigenvalue weighted by Gasteiger charge is 2.15. The molecule has 0 aliphatic rings. The highest BCUT2D eigenvalue weighted by atomic mass is 16.5. The Morgan fingerprint density at radius 1 is 0.967 bits per heavy atom. The van der Waals surface area contributed by atoms with Crippen molar-refractivity contribution in [2.45, 2.75) is 40.8 Å². The van der Waals surface area contributed by atoms with Crippen LogP contribution in [0.3, 0.4) is 0 Å². The van der Waals surface area contributed by atoms with Crippen molar-refractivity contribution in [3.63, 3.8) is 0 Å². The maximum atomic E-state index is 5.95. The Labute approximate surface area is 176 Å². The number of nitrogens with zero attached hydrogens (tertiary/aromatic N) is 3. The molecule has 0 aliphatic carbocycles. The quantitative estimate of drug-likeness (QED) is 0.485. The van der Waals surface area contributed by atoms with E-state index in [1.807, 2.05) is 32.0 Å². The van der Waals surface area contributed by atoms with E-state index in [4.69, 9.17) is 19.1 Å². The second kappa shape index (κ2) is 7.95. The van der Waals surface area contributed by atoms with Crippen LogP contribution >= 0.6 is 0 Å². The van der Waals surface area contributed by atoms with Gasteiger partial charge < -0.3 is 14.1 Å². The van der Waals surface area contributed by atoms with E-state index >= 15 is 0 Å². The third kappa shape index (κ3) is 3.96. The van der Waals surface area contributed by atoms with Crippen molar-refractivity contribution in [1.82, 2.24) is 19.9 Å². The molecule has 2 aromatic heterocycles. The molecule has 6 heteroatoms. The van der Waals surface area contributed by atoms with Gasteiger partial charge in [-0.15, -0.1) is 0 Å². The van der Waals surface area contributed by atoms with Crippen LogP contribution in [0, 0.1) is 27.7 Å². The minimum atomic E-state index is 0.636. The first-order chi connectivity index (χ1) is 14.3. The number of hydrogen-bond donors (Lipinski definition) is 1. The number of fused-ring (bicyclic) bond motifs is 1. The van der Waals surface area contributed by atoms with Gasteiger partial charge >= 0.3 is 0 Å². The molecule has 156 valence electrons. The average molecular weight is 405 g/mol. The Kier molecular flexibility index (Phi) is 5.35. The third-order valence-corrected chi connectivity index (χ3v) is 5.52. The summed E-state index contributed by atoms with van der Waals surface area (Å²) in [5.74, 6) is 3.28. The van der Waals surface area contributed by atoms with Crippen molar-refractivity contribution in [1.29, 1.82) is 0 Å². The molecule has 6 nitrogen and oxygen atoms in total. The molecule has 4 rings (SSSR count). The fourth-order valence-electron chi connectivity index (χ4n) is 3.67. The Morgan fingerprint density at radius 3 is 2.47 bits per heavy atom. The highest BCUT2D eigenvalue weighted by Crippen LogP contribution is 2.27. The fourth-order valence-corrected chi connectivity index (χ4v) is 3.67. The molecule has 0 fully saturated rings. The number of hydrogen-bond acceptors (Lipinski definition) is 5. The lowest BCUT2D eigenvalue weighted by Crippen LogP contribution is -2.18. The lowest BCUT2D eigenvalue weighted by molar-refractivity contribution is 0.306. The third-order valence-electron chi connectivity index (χ3n) is 5.52. The van der Waals surface area contributed by atoms with E-state index in [-0.39, 0.29) is 0 Å². The van der Waals surface area contributed by atoms with Gasteiger partial charge in [-0.3, -0.25) is 4.90 Å². The summed E-state index contributed by atoms with van der Waals surface area (Å²) in [6.07, 6.45) is 0. The first-order valence-electron chi connectivity index (χ1n) is 10.1. The normalized spacial score (nSPS) is 11.6. The van der Waals surface area contributed by atoms with Gasteiger partial charge in [-0.05, 0) is 81.8 Å². The Morgan fingerprint density at radius 2 is 1.73 bits per heavy atom. The van der Waals surface area contributed by atoms with Crippen LogP contribution in [0.1, 0.15) is 34.0 Å². The molecule has 0 atom stereocenters. The fraction of sp³-hybridized carbons (Fsp3) is 0.333. The standard InChI is InChI=1S/C24H28N4O2/c1-14-10-19-20(11-15(14)2)26-23(25-19)13-28(5)12-21-17(4)30-24(27-21)18-7-8-22(29-6)16(3)9-18/h7-11H,12-13H2,1-6H3,(H,25,26). The number of aromatic amines is 1. The molecule has 4 aromatic rings. The molecule has 2 aromatic carbocycles. The molecule has 0 amide bonds. The van der Waals surface area contributed by atoms with Crippen LogP contribution in [0.25, 0.3) is 22.5 Å². The van der Waals surface area contributed by atoms with Gasteiger partial charge in [0.05, 0.1) is 30.4 Å². The van der Waals surface area contributed by atoms with E-state index in [0.29, 0.717) is 19.0 Å². The number of imidazole rings is 1. The van der Waals surface area contributed by atoms with E-state index < -0.39 is 0 Å². The first-order valence-corrected chi connectivity index (χ1v) is 10.1. The van der Waals surface area contributed by atoms with Crippen molar-refractivity contribution in [2.24, 2.45) is 0 Å². The molecule has 1 N–H and O–H groups in total. The van der Waals surface area contributed by atoms with Crippen LogP contribution < -0.4 is 4.74 Å². The SMILES string of the molecule is COc1ccc(-c2nc(CN(C)Cc3nc4cc(C)c(C)cc4[nH]3)c(C)o2)cc1C. The molecule has 0 saturated heterocycles. The van der Waals surface area contributed by atoms with Crippen molar-refractivity contribution < 1.29 is 9.15 Å². The van der Waals surface area contributed by atoms with Crippen molar-refractivity contribution in [3.05, 3.63) is 64.3 Å². The number of aromatic nitrogens is 3. The van der Waals surface area contributed by atoms with Gasteiger partial charge in [-0.2, -0.15) is 0 Å². The van der Waals surface area contributed by atoms with Crippen molar-refractivity contribution in [3.8, 4) is 17.2 Å². The summed E-state index contributed by atoms with van der Waals surface area (Å²) in [6, 6.07) is 10.3. The van der Waals surface area contributed by atoms with Gasteiger partial charge in [0.2, 0.25) is 5.89 Å². The van der Waals surface area contributed by atoms with Crippen LogP contribution in [0.4, 0.5) is 0 Å². The molecular weight excluding hydrogens is 376 g/mol. The maximum Gasteiger partial charge on any atom is 0.226 e. The molecular formula is C24H28N4O2. The topological polar surface area (TPSA) is 67.2 Å². The zero-order valence-electron chi connectivity index (χ0n) is 18.5. The summed E-state index contributed by atoms with van der Waals surface area (Å²) in [6.45, 7) is 9.60. The molecule has 0 aliphatic heterocycles. The molecule has 0 radical (unpaired) electrons. The maximum absolute atomic E-state index is 5.95. The monoisotopic (exact) mass is 404 g/mol. The number of ether oxygens (including phenoxy) is 1. The van der Waals surface area contributed by atoms with E-state index in [0.717, 1.165) is 45.2 Å². The van der Waals surface area contributed by atoms with Gasteiger partial charge in [0.25, 0.3) is 0 Å². The number of aryl methyl sites for hydroxylation is 4. The van der Waals surface area contributed by atoms with Crippen LogP contribution in [-0.2, 0) is 13.1 Å². The van der Waals surface area contributed by atoms with Crippen LogP contribution in [0.15, 0.2) is 34.7 Å². The van der Waals surface area contributed by atoms with Gasteiger partial charge in [0.1, 0.15) is 17.3 Å². The largest absolute Gasteiger partial charge is 0.496 e. The van der Waals surface area contributed by atoms with Crippen LogP contribution in [-0.4, -0.2) is 34.0 Å². The Hall–Kier alpha value is -3.12. The Balaban J connectivity index is 1.50. The molecule has 30 heavy (non-hydrogen) atoms. The minimum absolute atomic E-state index is 0.636. The average Bonchev–Trinajstić information content (AvgIpc) is 3.24. The second-order valence-corrected chi connectivity index (χ2v) is 8.02. The summed E-state index contributed by atoms with van der Waals surface area (Å²) in [5.41, 5.74) is 7.56. The van der Waals surface area contributed by atoms with Crippen LogP contribution in [0.2, 0.25) is 0 Å². The predicted molar refractivity (Wildman–Crippen MR) is 119 cm³/mol. The first kappa shape index (κ1) is 20.2. The molecule has 0 saturated carbocycles. The smallest absolute Gasteiger partial charge is 0.226 e. The van der Waals surface area contributed by atoms with E-state index in [1.54, 1.807) is 7.11 Å². The molecule has 0 bridgehead atoms. The van der Waals surface area contributed by atoms with Gasteiger partial charge in [0.15, 0.2) is 0 Å². The van der Waals surface area contributed by atoms with Crippen molar-refractivity contribution in [2.75, 3.05) is 14.2 Å². The van der Waals surface area contributed by atoms with E-state index in [9.17, 15) is 0 Å². The second-order valence-electron chi connectivity index (χ2n) is 8.02. The number of benzene rings is 2. The zero-order chi connectivity index (χ0) is 21.4. The summed E-state index contributed by atoms with van der Waals surface area (Å²) in [7, 11) is 3.74. The van der Waals surface area contributed by atoms with E-state index in [2.05, 4.69) is 42.9 Å². The van der Waals surface area contributed by atoms with Gasteiger partial charge in [-0.1, -0.05) is 0 Å². The number of H-pyrrole nitrogens is 1. The number of rotatable bonds is 6. The Bertz CT molecular complexity index is 1170. The van der Waals surface area contributed by atoms with Gasteiger partial charge in [0, 0.05) is 12.1 Å². The van der Waals surface area contributed by atoms with Gasteiger partial charge in [-0.25, -0.2) is 9.97 Å². The number of oxazole rings is 1. The highest BCUT2D eigenvalue weighted by molar-refractivity contribution is 5.77. The summed E-state index contributed by atoms with van der Waals surface area (Å²) in [4.78, 5) is 15.1. The van der Waals surface area contributed by atoms with E-state index in [1.165, 1.54) is 11.1 Å². The number of methoxy groups -OCH3 is 1. The lowest BCUT2D eigenvalue weighted by Gasteiger charge is -2.13. The molecule has 0 spiro atoms. The summed E-state index contributed by atoms with van der Waals surface area (Å²) < 4.78 is 11.3. The zero-order valence-corrected chi connectivity index (χ0v) is 18.5.